The molecule has 1 aromatic rings. The third-order valence-corrected chi connectivity index (χ3v) is 6.94. The van der Waals surface area contributed by atoms with Gasteiger partial charge in [-0.15, -0.1) is 11.6 Å². The first-order valence-electron chi connectivity index (χ1n) is 9.51. The molecule has 5 rings (SSSR count). The molecule has 0 unspecified atom stereocenters. The molecule has 0 aliphatic heterocycles. The van der Waals surface area contributed by atoms with Crippen molar-refractivity contribution in [3.8, 4) is 0 Å². The van der Waals surface area contributed by atoms with Gasteiger partial charge < -0.3 is 10.1 Å². The van der Waals surface area contributed by atoms with Crippen LogP contribution in [-0.2, 0) is 14.3 Å². The zero-order chi connectivity index (χ0) is 18.5. The molecule has 2 atom stereocenters. The molecule has 0 spiro atoms. The number of esters is 1. The fourth-order valence-corrected chi connectivity index (χ4v) is 6.55. The first kappa shape index (κ1) is 17.8. The lowest BCUT2D eigenvalue weighted by Crippen LogP contribution is -2.56. The summed E-state index contributed by atoms with van der Waals surface area (Å²) in [6.45, 7) is 3.66. The fourth-order valence-electron chi connectivity index (χ4n) is 5.86. The van der Waals surface area contributed by atoms with E-state index in [2.05, 4.69) is 5.32 Å². The predicted molar refractivity (Wildman–Crippen MR) is 101 cm³/mol. The second-order valence-electron chi connectivity index (χ2n) is 8.78. The normalized spacial score (nSPS) is 34.6. The topological polar surface area (TPSA) is 55.4 Å². The van der Waals surface area contributed by atoms with Crippen LogP contribution in [0.4, 0.5) is 5.69 Å². The van der Waals surface area contributed by atoms with Crippen LogP contribution in [-0.4, -0.2) is 23.4 Å². The Kier molecular flexibility index (Phi) is 4.30. The highest BCUT2D eigenvalue weighted by molar-refractivity contribution is 6.24. The maximum absolute atomic E-state index is 12.9. The molecule has 0 radical (unpaired) electrons. The average Bonchev–Trinajstić information content (AvgIpc) is 2.54. The van der Waals surface area contributed by atoms with Gasteiger partial charge >= 0.3 is 5.97 Å². The standard InChI is InChI=1S/C21H26ClNO3/c1-13-4-3-5-14(2)18(13)23-17(24)11-26-19(25)20-7-15-6-16(8-20)10-21(22,9-15)12-20/h3-5,15-16H,6-12H2,1-2H3,(H,23,24)/t15-,16-,20?,21?/m1/s1. The highest BCUT2D eigenvalue weighted by Gasteiger charge is 2.60. The number of amides is 1. The Morgan fingerprint density at radius 2 is 1.77 bits per heavy atom. The van der Waals surface area contributed by atoms with E-state index in [-0.39, 0.29) is 23.4 Å². The van der Waals surface area contributed by atoms with Crippen LogP contribution in [0.5, 0.6) is 0 Å². The van der Waals surface area contributed by atoms with Crippen LogP contribution in [0.25, 0.3) is 0 Å². The van der Waals surface area contributed by atoms with Gasteiger partial charge in [0.05, 0.1) is 5.41 Å². The van der Waals surface area contributed by atoms with Crippen molar-refractivity contribution in [3.05, 3.63) is 29.3 Å². The third kappa shape index (κ3) is 3.13. The van der Waals surface area contributed by atoms with Gasteiger partial charge in [-0.1, -0.05) is 18.2 Å². The van der Waals surface area contributed by atoms with E-state index in [9.17, 15) is 9.59 Å². The Labute approximate surface area is 159 Å². The lowest BCUT2D eigenvalue weighted by Gasteiger charge is -2.58. The van der Waals surface area contributed by atoms with Crippen LogP contribution in [0, 0.1) is 31.1 Å². The zero-order valence-electron chi connectivity index (χ0n) is 15.4. The third-order valence-electron chi connectivity index (χ3n) is 6.50. The lowest BCUT2D eigenvalue weighted by molar-refractivity contribution is -0.171. The number of aryl methyl sites for hydroxylation is 2. The second kappa shape index (κ2) is 6.26. The second-order valence-corrected chi connectivity index (χ2v) is 9.59. The van der Waals surface area contributed by atoms with Crippen LogP contribution >= 0.6 is 11.6 Å². The SMILES string of the molecule is Cc1cccc(C)c1NC(=O)COC(=O)C12C[C@H]3C[C@@H](CC(Cl)(C3)C1)C2. The van der Waals surface area contributed by atoms with Gasteiger partial charge in [0, 0.05) is 10.6 Å². The molecule has 4 bridgehead atoms. The summed E-state index contributed by atoms with van der Waals surface area (Å²) >= 11 is 6.78. The largest absolute Gasteiger partial charge is 0.455 e. The Morgan fingerprint density at radius 3 is 2.35 bits per heavy atom. The van der Waals surface area contributed by atoms with E-state index in [1.54, 1.807) is 0 Å². The van der Waals surface area contributed by atoms with Crippen molar-refractivity contribution in [2.24, 2.45) is 17.3 Å². The van der Waals surface area contributed by atoms with Gasteiger partial charge in [-0.05, 0) is 75.3 Å². The van der Waals surface area contributed by atoms with Gasteiger partial charge in [0.15, 0.2) is 6.61 Å². The molecular weight excluding hydrogens is 350 g/mol. The van der Waals surface area contributed by atoms with Gasteiger partial charge in [0.1, 0.15) is 0 Å². The molecule has 4 saturated carbocycles. The van der Waals surface area contributed by atoms with Gasteiger partial charge in [0.2, 0.25) is 0 Å². The molecule has 4 fully saturated rings. The van der Waals surface area contributed by atoms with E-state index in [0.717, 1.165) is 42.5 Å². The number of nitrogens with one attached hydrogen (secondary N) is 1. The molecular formula is C21H26ClNO3. The summed E-state index contributed by atoms with van der Waals surface area (Å²) in [5.41, 5.74) is 2.32. The molecule has 5 heteroatoms. The highest BCUT2D eigenvalue weighted by atomic mass is 35.5. The van der Waals surface area contributed by atoms with Crippen LogP contribution in [0.3, 0.4) is 0 Å². The minimum atomic E-state index is -0.468. The summed E-state index contributed by atoms with van der Waals surface area (Å²) < 4.78 is 5.48. The van der Waals surface area contributed by atoms with Crippen molar-refractivity contribution < 1.29 is 14.3 Å². The van der Waals surface area contributed by atoms with E-state index < -0.39 is 5.41 Å². The van der Waals surface area contributed by atoms with Crippen LogP contribution < -0.4 is 5.32 Å². The van der Waals surface area contributed by atoms with Crippen molar-refractivity contribution in [3.63, 3.8) is 0 Å². The number of halogens is 1. The Hall–Kier alpha value is -1.55. The summed E-state index contributed by atoms with van der Waals surface area (Å²) in [7, 11) is 0. The van der Waals surface area contributed by atoms with Crippen molar-refractivity contribution in [2.75, 3.05) is 11.9 Å². The molecule has 1 aromatic carbocycles. The monoisotopic (exact) mass is 375 g/mol. The molecule has 4 aliphatic rings. The number of alkyl halides is 1. The van der Waals surface area contributed by atoms with E-state index in [4.69, 9.17) is 16.3 Å². The maximum Gasteiger partial charge on any atom is 0.312 e. The summed E-state index contributed by atoms with van der Waals surface area (Å²) in [4.78, 5) is 24.9. The Morgan fingerprint density at radius 1 is 1.15 bits per heavy atom. The number of anilines is 1. The summed E-state index contributed by atoms with van der Waals surface area (Å²) in [6.07, 6.45) is 5.67. The Bertz CT molecular complexity index is 725. The number of para-hydroxylation sites is 1. The van der Waals surface area contributed by atoms with Crippen LogP contribution in [0.2, 0.25) is 0 Å². The first-order chi connectivity index (χ1) is 12.3. The number of carbonyl (C=O) groups excluding carboxylic acids is 2. The van der Waals surface area contributed by atoms with E-state index in [1.165, 1.54) is 6.42 Å². The summed E-state index contributed by atoms with van der Waals surface area (Å²) in [5.74, 6) is 0.545. The van der Waals surface area contributed by atoms with Crippen molar-refractivity contribution in [1.82, 2.24) is 0 Å². The first-order valence-corrected chi connectivity index (χ1v) is 9.89. The molecule has 140 valence electrons. The van der Waals surface area contributed by atoms with E-state index in [1.807, 2.05) is 32.0 Å². The van der Waals surface area contributed by atoms with Gasteiger partial charge in [-0.2, -0.15) is 0 Å². The number of hydrogen-bond donors (Lipinski definition) is 1. The van der Waals surface area contributed by atoms with Crippen LogP contribution in [0.15, 0.2) is 18.2 Å². The molecule has 1 amide bonds. The van der Waals surface area contributed by atoms with E-state index in [0.29, 0.717) is 18.3 Å². The minimum Gasteiger partial charge on any atom is -0.455 e. The predicted octanol–water partition coefficient (Wildman–Crippen LogP) is 4.36. The van der Waals surface area contributed by atoms with Crippen molar-refractivity contribution >= 4 is 29.2 Å². The lowest BCUT2D eigenvalue weighted by atomic mass is 9.49. The molecule has 0 aromatic heterocycles. The van der Waals surface area contributed by atoms with Gasteiger partial charge in [-0.3, -0.25) is 9.59 Å². The Balaban J connectivity index is 1.39. The maximum atomic E-state index is 12.9. The number of carbonyl (C=O) groups is 2. The highest BCUT2D eigenvalue weighted by Crippen LogP contribution is 2.64. The molecule has 1 N–H and O–H groups in total. The molecule has 0 heterocycles. The van der Waals surface area contributed by atoms with Crippen molar-refractivity contribution in [1.29, 1.82) is 0 Å². The number of hydrogen-bond acceptors (Lipinski definition) is 3. The van der Waals surface area contributed by atoms with Crippen molar-refractivity contribution in [2.45, 2.75) is 57.2 Å². The molecule has 4 nitrogen and oxygen atoms in total. The fraction of sp³-hybridized carbons (Fsp3) is 0.619. The van der Waals surface area contributed by atoms with Gasteiger partial charge in [-0.25, -0.2) is 0 Å². The minimum absolute atomic E-state index is 0.228. The molecule has 26 heavy (non-hydrogen) atoms. The van der Waals surface area contributed by atoms with Crippen LogP contribution in [0.1, 0.15) is 49.7 Å². The number of rotatable bonds is 4. The summed E-state index contributed by atoms with van der Waals surface area (Å²) in [6, 6.07) is 5.85. The number of ether oxygens (including phenoxy) is 1. The molecule has 0 saturated heterocycles. The average molecular weight is 376 g/mol. The summed E-state index contributed by atoms with van der Waals surface area (Å²) in [5, 5.41) is 2.87. The molecule has 4 aliphatic carbocycles. The van der Waals surface area contributed by atoms with Gasteiger partial charge in [0.25, 0.3) is 5.91 Å². The quantitative estimate of drug-likeness (QED) is 0.628. The van der Waals surface area contributed by atoms with E-state index >= 15 is 0 Å². The zero-order valence-corrected chi connectivity index (χ0v) is 16.2. The smallest absolute Gasteiger partial charge is 0.312 e. The number of benzene rings is 1.